The van der Waals surface area contributed by atoms with Crippen molar-refractivity contribution in [3.8, 4) is 11.1 Å². The van der Waals surface area contributed by atoms with E-state index in [-0.39, 0.29) is 0 Å². The van der Waals surface area contributed by atoms with Gasteiger partial charge in [0, 0.05) is 11.3 Å². The van der Waals surface area contributed by atoms with Crippen LogP contribution in [0.2, 0.25) is 0 Å². The molecular weight excluding hydrogens is 422 g/mol. The van der Waals surface area contributed by atoms with Crippen LogP contribution in [0.5, 0.6) is 0 Å². The molecule has 0 aromatic heterocycles. The zero-order valence-corrected chi connectivity index (χ0v) is 19.7. The second kappa shape index (κ2) is 7.99. The Hall–Kier alpha value is -4.10. The largest absolute Gasteiger partial charge is 0.398 e. The van der Waals surface area contributed by atoms with Crippen molar-refractivity contribution < 1.29 is 0 Å². The Kier molecular flexibility index (Phi) is 4.63. The van der Waals surface area contributed by atoms with Gasteiger partial charge in [0.2, 0.25) is 0 Å². The van der Waals surface area contributed by atoms with Gasteiger partial charge >= 0.3 is 0 Å². The van der Waals surface area contributed by atoms with E-state index in [2.05, 4.69) is 103 Å². The zero-order chi connectivity index (χ0) is 23.4. The van der Waals surface area contributed by atoms with Crippen molar-refractivity contribution in [2.45, 2.75) is 19.3 Å². The molecule has 2 N–H and O–H groups in total. The molecule has 5 aromatic rings. The van der Waals surface area contributed by atoms with E-state index in [1.165, 1.54) is 61.9 Å². The van der Waals surface area contributed by atoms with E-state index >= 15 is 0 Å². The maximum Gasteiger partial charge on any atom is 0.0400 e. The van der Waals surface area contributed by atoms with E-state index in [9.17, 15) is 0 Å². The van der Waals surface area contributed by atoms with Crippen LogP contribution in [0.4, 0.5) is 5.69 Å². The van der Waals surface area contributed by atoms with Crippen molar-refractivity contribution in [1.29, 1.82) is 0 Å². The summed E-state index contributed by atoms with van der Waals surface area (Å²) in [6.07, 6.45) is 12.9. The van der Waals surface area contributed by atoms with Crippen LogP contribution in [-0.4, -0.2) is 0 Å². The molecule has 35 heavy (non-hydrogen) atoms. The number of nitrogen functional groups attached to an aromatic ring is 1. The van der Waals surface area contributed by atoms with Gasteiger partial charge < -0.3 is 5.73 Å². The topological polar surface area (TPSA) is 26.0 Å². The van der Waals surface area contributed by atoms with Crippen LogP contribution in [0.3, 0.4) is 0 Å². The molecule has 2 aliphatic rings. The Bertz CT molecular complexity index is 1720. The van der Waals surface area contributed by atoms with Crippen LogP contribution >= 0.6 is 0 Å². The van der Waals surface area contributed by atoms with Gasteiger partial charge in [0.25, 0.3) is 0 Å². The van der Waals surface area contributed by atoms with E-state index in [0.29, 0.717) is 5.92 Å². The van der Waals surface area contributed by atoms with E-state index in [0.717, 1.165) is 23.2 Å². The highest BCUT2D eigenvalue weighted by Crippen LogP contribution is 2.42. The monoisotopic (exact) mass is 449 g/mol. The van der Waals surface area contributed by atoms with E-state index in [4.69, 9.17) is 5.73 Å². The third-order valence-corrected chi connectivity index (χ3v) is 7.87. The maximum atomic E-state index is 6.61. The van der Waals surface area contributed by atoms with Crippen molar-refractivity contribution in [3.05, 3.63) is 120 Å². The van der Waals surface area contributed by atoms with Gasteiger partial charge in [0.1, 0.15) is 0 Å². The van der Waals surface area contributed by atoms with Gasteiger partial charge in [-0.25, -0.2) is 0 Å². The maximum absolute atomic E-state index is 6.61. The summed E-state index contributed by atoms with van der Waals surface area (Å²) in [6.45, 7) is 0. The number of nitrogens with two attached hydrogens (primary N) is 1. The summed E-state index contributed by atoms with van der Waals surface area (Å²) in [5.41, 5.74) is 14.0. The Labute approximate surface area is 205 Å². The lowest BCUT2D eigenvalue weighted by Gasteiger charge is -2.26. The Morgan fingerprint density at radius 2 is 1.34 bits per heavy atom. The second-order valence-corrected chi connectivity index (χ2v) is 9.90. The molecule has 0 saturated carbocycles. The Balaban J connectivity index is 1.48. The van der Waals surface area contributed by atoms with Gasteiger partial charge in [-0.05, 0) is 98.0 Å². The van der Waals surface area contributed by atoms with Crippen LogP contribution in [0.25, 0.3) is 49.0 Å². The highest BCUT2D eigenvalue weighted by Gasteiger charge is 2.21. The van der Waals surface area contributed by atoms with Crippen LogP contribution in [0, 0.1) is 5.92 Å². The van der Waals surface area contributed by atoms with E-state index in [1.807, 2.05) is 6.07 Å². The first-order chi connectivity index (χ1) is 17.3. The van der Waals surface area contributed by atoms with Crippen molar-refractivity contribution >= 4 is 43.6 Å². The molecule has 0 radical (unpaired) electrons. The summed E-state index contributed by atoms with van der Waals surface area (Å²) in [5.74, 6) is 0.653. The summed E-state index contributed by atoms with van der Waals surface area (Å²) in [6, 6.07) is 30.7. The minimum Gasteiger partial charge on any atom is -0.398 e. The molecule has 0 aliphatic heterocycles. The number of benzene rings is 5. The summed E-state index contributed by atoms with van der Waals surface area (Å²) in [5, 5.41) is 7.63. The molecule has 0 heterocycles. The average Bonchev–Trinajstić information content (AvgIpc) is 2.93. The summed E-state index contributed by atoms with van der Waals surface area (Å²) in [7, 11) is 0. The minimum atomic E-state index is 0.653. The third kappa shape index (κ3) is 3.31. The van der Waals surface area contributed by atoms with Gasteiger partial charge in [0.15, 0.2) is 0 Å². The number of hydrogen-bond donors (Lipinski definition) is 1. The molecule has 0 saturated heterocycles. The zero-order valence-electron chi connectivity index (χ0n) is 19.7. The molecule has 0 amide bonds. The highest BCUT2D eigenvalue weighted by atomic mass is 14.6. The summed E-state index contributed by atoms with van der Waals surface area (Å²) < 4.78 is 0. The quantitative estimate of drug-likeness (QED) is 0.211. The fraction of sp³-hybridized carbons (Fsp3) is 0.118. The first-order valence-electron chi connectivity index (χ1n) is 12.6. The normalized spacial score (nSPS) is 17.4. The predicted octanol–water partition coefficient (Wildman–Crippen LogP) is 9.08. The molecular formula is C34H27N. The van der Waals surface area contributed by atoms with Gasteiger partial charge in [0.05, 0.1) is 0 Å². The number of rotatable bonds is 2. The van der Waals surface area contributed by atoms with E-state index < -0.39 is 0 Å². The molecule has 0 fully saturated rings. The Morgan fingerprint density at radius 1 is 0.629 bits per heavy atom. The van der Waals surface area contributed by atoms with Gasteiger partial charge in [-0.3, -0.25) is 0 Å². The van der Waals surface area contributed by atoms with Crippen LogP contribution in [0.1, 0.15) is 24.8 Å². The fourth-order valence-electron chi connectivity index (χ4n) is 6.06. The number of fused-ring (bicyclic) bond motifs is 7. The highest BCUT2D eigenvalue weighted by molar-refractivity contribution is 6.26. The fourth-order valence-corrected chi connectivity index (χ4v) is 6.06. The average molecular weight is 450 g/mol. The molecule has 2 aliphatic carbocycles. The SMILES string of the molecule is Nc1cc2c3ccccc3c3cc(C4=CC=C5C=CCCC5C4)ccc3c2cc1-c1ccccc1. The third-order valence-electron chi connectivity index (χ3n) is 7.87. The summed E-state index contributed by atoms with van der Waals surface area (Å²) >= 11 is 0. The Morgan fingerprint density at radius 3 is 2.17 bits per heavy atom. The van der Waals surface area contributed by atoms with Crippen molar-refractivity contribution in [2.75, 3.05) is 5.73 Å². The second-order valence-electron chi connectivity index (χ2n) is 9.90. The number of allylic oxidation sites excluding steroid dienone is 6. The van der Waals surface area contributed by atoms with Gasteiger partial charge in [-0.1, -0.05) is 91.0 Å². The molecule has 1 unspecified atom stereocenters. The summed E-state index contributed by atoms with van der Waals surface area (Å²) in [4.78, 5) is 0. The van der Waals surface area contributed by atoms with Crippen molar-refractivity contribution in [1.82, 2.24) is 0 Å². The molecule has 0 spiro atoms. The van der Waals surface area contributed by atoms with E-state index in [1.54, 1.807) is 0 Å². The first-order valence-corrected chi connectivity index (χ1v) is 12.6. The van der Waals surface area contributed by atoms with Crippen molar-refractivity contribution in [3.63, 3.8) is 0 Å². The molecule has 1 heteroatoms. The number of anilines is 1. The lowest BCUT2D eigenvalue weighted by Crippen LogP contribution is -2.10. The lowest BCUT2D eigenvalue weighted by molar-refractivity contribution is 0.573. The van der Waals surface area contributed by atoms with Gasteiger partial charge in [-0.2, -0.15) is 0 Å². The molecule has 5 aromatic carbocycles. The van der Waals surface area contributed by atoms with Gasteiger partial charge in [-0.15, -0.1) is 0 Å². The molecule has 168 valence electrons. The molecule has 7 rings (SSSR count). The standard InChI is InChI=1S/C34H27N/c35-34-21-33-28-13-7-6-12-27(28)31-19-26(25-15-14-22-8-4-5-11-24(22)18-25)16-17-29(31)32(33)20-30(34)23-9-2-1-3-10-23/h1-4,6-10,12-17,19-21,24H,5,11,18,35H2. The van der Waals surface area contributed by atoms with Crippen molar-refractivity contribution in [2.24, 2.45) is 5.92 Å². The van der Waals surface area contributed by atoms with Crippen LogP contribution < -0.4 is 5.73 Å². The molecule has 0 bridgehead atoms. The minimum absolute atomic E-state index is 0.653. The van der Waals surface area contributed by atoms with Crippen LogP contribution in [0.15, 0.2) is 115 Å². The number of hydrogen-bond acceptors (Lipinski definition) is 1. The smallest absolute Gasteiger partial charge is 0.0400 e. The molecule has 1 nitrogen and oxygen atoms in total. The molecule has 1 atom stereocenters. The predicted molar refractivity (Wildman–Crippen MR) is 151 cm³/mol. The lowest BCUT2D eigenvalue weighted by atomic mass is 9.79. The first kappa shape index (κ1) is 20.3. The van der Waals surface area contributed by atoms with Crippen LogP contribution in [-0.2, 0) is 0 Å².